The molecule has 5 rings (SSSR count). The van der Waals surface area contributed by atoms with Crippen LogP contribution in [0, 0.1) is 18.3 Å². The Balaban J connectivity index is 1.56. The number of aromatic amines is 1. The number of allylic oxidation sites excluding steroid dienone is 1. The minimum absolute atomic E-state index is 0.496. The minimum Gasteiger partial charge on any atom is -0.460 e. The van der Waals surface area contributed by atoms with Gasteiger partial charge in [0.05, 0.1) is 21.6 Å². The zero-order chi connectivity index (χ0) is 21.2. The average Bonchev–Trinajstić information content (AvgIpc) is 3.51. The number of imidazole rings is 1. The molecule has 150 valence electrons. The molecule has 0 fully saturated rings. The third kappa shape index (κ3) is 3.89. The highest BCUT2D eigenvalue weighted by atomic mass is 32.2. The summed E-state index contributed by atoms with van der Waals surface area (Å²) in [6.45, 7) is 1.89. The van der Waals surface area contributed by atoms with E-state index in [1.807, 2.05) is 85.9 Å². The molecule has 5 aromatic rings. The Morgan fingerprint density at radius 2 is 1.90 bits per heavy atom. The summed E-state index contributed by atoms with van der Waals surface area (Å²) in [5.74, 6) is 1.46. The smallest absolute Gasteiger partial charge is 0.171 e. The van der Waals surface area contributed by atoms with E-state index in [9.17, 15) is 5.26 Å². The first kappa shape index (κ1) is 19.0. The normalized spacial score (nSPS) is 11.7. The van der Waals surface area contributed by atoms with Crippen molar-refractivity contribution in [2.24, 2.45) is 0 Å². The van der Waals surface area contributed by atoms with Crippen molar-refractivity contribution in [3.05, 3.63) is 89.2 Å². The van der Waals surface area contributed by atoms with E-state index in [0.717, 1.165) is 28.0 Å². The molecule has 0 saturated heterocycles. The molecule has 0 atom stereocenters. The van der Waals surface area contributed by atoms with Gasteiger partial charge < -0.3 is 9.40 Å². The summed E-state index contributed by atoms with van der Waals surface area (Å²) < 4.78 is 7.61. The Kier molecular flexibility index (Phi) is 4.90. The van der Waals surface area contributed by atoms with Crippen molar-refractivity contribution in [2.75, 3.05) is 0 Å². The third-order valence-corrected chi connectivity index (χ3v) is 5.52. The monoisotopic (exact) mass is 423 g/mol. The molecular weight excluding hydrogens is 406 g/mol. The van der Waals surface area contributed by atoms with Gasteiger partial charge in [-0.25, -0.2) is 9.67 Å². The van der Waals surface area contributed by atoms with Crippen LogP contribution in [0.5, 0.6) is 0 Å². The molecule has 3 aromatic heterocycles. The highest BCUT2D eigenvalue weighted by Gasteiger charge is 2.16. The van der Waals surface area contributed by atoms with Gasteiger partial charge in [-0.05, 0) is 61.2 Å². The Hall–Kier alpha value is -4.02. The summed E-state index contributed by atoms with van der Waals surface area (Å²) in [6, 6.07) is 23.7. The summed E-state index contributed by atoms with van der Waals surface area (Å²) in [6.07, 6.45) is 3.72. The maximum Gasteiger partial charge on any atom is 0.171 e. The number of para-hydroxylation sites is 3. The van der Waals surface area contributed by atoms with Crippen LogP contribution in [0.15, 0.2) is 87.4 Å². The molecule has 0 unspecified atom stereocenters. The number of rotatable bonds is 5. The molecule has 7 heteroatoms. The molecule has 6 nitrogen and oxygen atoms in total. The second-order valence-corrected chi connectivity index (χ2v) is 7.94. The molecule has 1 N–H and O–H groups in total. The van der Waals surface area contributed by atoms with Crippen LogP contribution < -0.4 is 0 Å². The topological polar surface area (TPSA) is 83.4 Å². The number of nitrogens with zero attached hydrogens (tertiary/aromatic N) is 4. The van der Waals surface area contributed by atoms with Crippen molar-refractivity contribution in [3.8, 4) is 23.2 Å². The second-order valence-electron chi connectivity index (χ2n) is 6.91. The predicted octanol–water partition coefficient (Wildman–Crippen LogP) is 5.97. The summed E-state index contributed by atoms with van der Waals surface area (Å²) in [7, 11) is 0. The van der Waals surface area contributed by atoms with Crippen LogP contribution in [0.25, 0.3) is 34.3 Å². The van der Waals surface area contributed by atoms with Gasteiger partial charge in [0.15, 0.2) is 10.9 Å². The molecule has 0 aliphatic carbocycles. The van der Waals surface area contributed by atoms with E-state index in [0.29, 0.717) is 21.5 Å². The number of furan rings is 1. The first-order chi connectivity index (χ1) is 15.2. The number of benzene rings is 2. The molecule has 0 aliphatic heterocycles. The van der Waals surface area contributed by atoms with Gasteiger partial charge in [-0.3, -0.25) is 0 Å². The van der Waals surface area contributed by atoms with E-state index < -0.39 is 0 Å². The number of nitrogens with one attached hydrogen (secondary N) is 1. The molecular formula is C24H17N5OS. The zero-order valence-electron chi connectivity index (χ0n) is 16.6. The fourth-order valence-electron chi connectivity index (χ4n) is 3.27. The number of H-pyrrole nitrogens is 1. The largest absolute Gasteiger partial charge is 0.460 e. The van der Waals surface area contributed by atoms with Crippen molar-refractivity contribution >= 4 is 28.9 Å². The van der Waals surface area contributed by atoms with Crippen molar-refractivity contribution in [1.29, 1.82) is 5.26 Å². The quantitative estimate of drug-likeness (QED) is 0.278. The van der Waals surface area contributed by atoms with E-state index >= 15 is 0 Å². The Morgan fingerprint density at radius 3 is 2.65 bits per heavy atom. The van der Waals surface area contributed by atoms with Crippen molar-refractivity contribution in [2.45, 2.75) is 12.1 Å². The maximum absolute atomic E-state index is 9.78. The van der Waals surface area contributed by atoms with E-state index in [1.54, 1.807) is 4.68 Å². The molecule has 3 heterocycles. The molecule has 0 saturated carbocycles. The van der Waals surface area contributed by atoms with E-state index in [1.165, 1.54) is 11.8 Å². The molecule has 2 aromatic carbocycles. The number of aryl methyl sites for hydroxylation is 1. The minimum atomic E-state index is 0.496. The van der Waals surface area contributed by atoms with Crippen molar-refractivity contribution in [3.63, 3.8) is 0 Å². The fraction of sp³-hybridized carbons (Fsp3) is 0.0417. The fourth-order valence-corrected chi connectivity index (χ4v) is 4.01. The highest BCUT2D eigenvalue weighted by Crippen LogP contribution is 2.31. The summed E-state index contributed by atoms with van der Waals surface area (Å²) >= 11 is 1.29. The lowest BCUT2D eigenvalue weighted by Crippen LogP contribution is -1.93. The lowest BCUT2D eigenvalue weighted by molar-refractivity contribution is 0.545. The zero-order valence-corrected chi connectivity index (χ0v) is 17.4. The summed E-state index contributed by atoms with van der Waals surface area (Å²) in [4.78, 5) is 8.30. The van der Waals surface area contributed by atoms with Crippen LogP contribution in [0.1, 0.15) is 11.3 Å². The first-order valence-electron chi connectivity index (χ1n) is 9.66. The van der Waals surface area contributed by atoms with Crippen LogP contribution in [0.2, 0.25) is 0 Å². The van der Waals surface area contributed by atoms with Crippen LogP contribution >= 0.6 is 11.8 Å². The summed E-state index contributed by atoms with van der Waals surface area (Å²) in [5, 5.41) is 15.2. The molecule has 31 heavy (non-hydrogen) atoms. The number of aromatic nitrogens is 4. The summed E-state index contributed by atoms with van der Waals surface area (Å²) in [5.41, 5.74) is 4.19. The number of hydrogen-bond donors (Lipinski definition) is 1. The standard InChI is InChI=1S/C24H17N5OS/c1-16-11-12-22(30-16)23-17(15-29(28-23)18-7-3-2-4-8-18)13-19(14-25)31-24-26-20-9-5-6-10-21(20)27-24/h2-13,15H,1H3,(H,26,27)/b19-13+. The maximum atomic E-state index is 9.78. The highest BCUT2D eigenvalue weighted by molar-refractivity contribution is 8.03. The van der Waals surface area contributed by atoms with Crippen LogP contribution in [0.4, 0.5) is 0 Å². The number of hydrogen-bond acceptors (Lipinski definition) is 5. The Morgan fingerprint density at radius 1 is 1.10 bits per heavy atom. The molecule has 0 bridgehead atoms. The SMILES string of the molecule is Cc1ccc(-c2nn(-c3ccccc3)cc2/C=C(\C#N)Sc2nc3ccccc3[nH]2)o1. The van der Waals surface area contributed by atoms with Gasteiger partial charge >= 0.3 is 0 Å². The van der Waals surface area contributed by atoms with Gasteiger partial charge in [0.1, 0.15) is 17.5 Å². The van der Waals surface area contributed by atoms with Crippen LogP contribution in [-0.4, -0.2) is 19.7 Å². The first-order valence-corrected chi connectivity index (χ1v) is 10.5. The van der Waals surface area contributed by atoms with Gasteiger partial charge in [-0.1, -0.05) is 30.3 Å². The van der Waals surface area contributed by atoms with Gasteiger partial charge in [0.2, 0.25) is 0 Å². The van der Waals surface area contributed by atoms with Crippen molar-refractivity contribution < 1.29 is 4.42 Å². The predicted molar refractivity (Wildman–Crippen MR) is 122 cm³/mol. The third-order valence-electron chi connectivity index (χ3n) is 4.71. The van der Waals surface area contributed by atoms with Gasteiger partial charge in [-0.2, -0.15) is 10.4 Å². The van der Waals surface area contributed by atoms with E-state index in [2.05, 4.69) is 16.0 Å². The molecule has 0 amide bonds. The Bertz CT molecular complexity index is 1400. The average molecular weight is 424 g/mol. The van der Waals surface area contributed by atoms with Gasteiger partial charge in [-0.15, -0.1) is 0 Å². The van der Waals surface area contributed by atoms with Gasteiger partial charge in [0.25, 0.3) is 0 Å². The molecule has 0 radical (unpaired) electrons. The van der Waals surface area contributed by atoms with Gasteiger partial charge in [0, 0.05) is 11.8 Å². The lowest BCUT2D eigenvalue weighted by Gasteiger charge is -1.98. The van der Waals surface area contributed by atoms with Crippen LogP contribution in [-0.2, 0) is 0 Å². The number of nitriles is 1. The number of fused-ring (bicyclic) bond motifs is 1. The molecule has 0 spiro atoms. The van der Waals surface area contributed by atoms with E-state index in [4.69, 9.17) is 9.52 Å². The number of thioether (sulfide) groups is 1. The lowest BCUT2D eigenvalue weighted by atomic mass is 10.2. The second kappa shape index (κ2) is 8.01. The van der Waals surface area contributed by atoms with Crippen LogP contribution in [0.3, 0.4) is 0 Å². The van der Waals surface area contributed by atoms with Crippen molar-refractivity contribution in [1.82, 2.24) is 19.7 Å². The Labute approximate surface area is 182 Å². The molecule has 0 aliphatic rings. The van der Waals surface area contributed by atoms with E-state index in [-0.39, 0.29) is 0 Å².